The van der Waals surface area contributed by atoms with Gasteiger partial charge in [0.05, 0.1) is 11.6 Å². The Hall–Kier alpha value is -3.74. The molecule has 6 nitrogen and oxygen atoms in total. The van der Waals surface area contributed by atoms with Crippen LogP contribution in [-0.2, 0) is 13.0 Å². The Morgan fingerprint density at radius 3 is 2.52 bits per heavy atom. The molecule has 1 aliphatic rings. The van der Waals surface area contributed by atoms with E-state index in [1.54, 1.807) is 23.2 Å². The smallest absolute Gasteiger partial charge is 0.335 e. The highest BCUT2D eigenvalue weighted by atomic mass is 19.1. The highest BCUT2D eigenvalue weighted by Gasteiger charge is 2.31. The van der Waals surface area contributed by atoms with Crippen molar-refractivity contribution in [3.05, 3.63) is 94.4 Å². The van der Waals surface area contributed by atoms with Gasteiger partial charge in [0.2, 0.25) is 5.88 Å². The molecule has 31 heavy (non-hydrogen) atoms. The molecule has 1 aromatic heterocycles. The van der Waals surface area contributed by atoms with Gasteiger partial charge >= 0.3 is 5.97 Å². The fourth-order valence-corrected chi connectivity index (χ4v) is 3.64. The molecule has 1 unspecified atom stereocenters. The van der Waals surface area contributed by atoms with E-state index in [0.717, 1.165) is 16.7 Å². The number of benzene rings is 2. The summed E-state index contributed by atoms with van der Waals surface area (Å²) in [5, 5.41) is 9.08. The van der Waals surface area contributed by atoms with Crippen molar-refractivity contribution in [3.8, 4) is 5.88 Å². The minimum absolute atomic E-state index is 0.112. The highest BCUT2D eigenvalue weighted by Crippen LogP contribution is 2.26. The molecule has 0 spiro atoms. The van der Waals surface area contributed by atoms with E-state index in [4.69, 9.17) is 9.84 Å². The van der Waals surface area contributed by atoms with Crippen LogP contribution in [0.3, 0.4) is 0 Å². The number of aromatic nitrogens is 1. The first-order valence-electron chi connectivity index (χ1n) is 9.88. The van der Waals surface area contributed by atoms with Gasteiger partial charge < -0.3 is 14.7 Å². The van der Waals surface area contributed by atoms with E-state index < -0.39 is 5.97 Å². The van der Waals surface area contributed by atoms with Gasteiger partial charge in [-0.05, 0) is 66.4 Å². The second kappa shape index (κ2) is 8.55. The largest absolute Gasteiger partial charge is 0.478 e. The Bertz CT molecular complexity index is 1110. The molecular formula is C24H21FN2O4. The Kier molecular flexibility index (Phi) is 5.66. The van der Waals surface area contributed by atoms with Gasteiger partial charge in [0.15, 0.2) is 0 Å². The molecule has 1 amide bonds. The van der Waals surface area contributed by atoms with Crippen LogP contribution >= 0.6 is 0 Å². The van der Waals surface area contributed by atoms with Crippen LogP contribution in [0.2, 0.25) is 0 Å². The number of halogens is 1. The van der Waals surface area contributed by atoms with Gasteiger partial charge in [-0.15, -0.1) is 0 Å². The lowest BCUT2D eigenvalue weighted by molar-refractivity contribution is 0.0561. The number of nitrogens with zero attached hydrogens (tertiary/aromatic N) is 2. The number of rotatable bonds is 5. The number of carbonyl (C=O) groups is 2. The molecule has 1 atom stereocenters. The van der Waals surface area contributed by atoms with E-state index in [2.05, 4.69) is 4.98 Å². The zero-order valence-corrected chi connectivity index (χ0v) is 16.9. The third kappa shape index (κ3) is 4.55. The van der Waals surface area contributed by atoms with E-state index in [9.17, 15) is 14.0 Å². The summed E-state index contributed by atoms with van der Waals surface area (Å²) in [4.78, 5) is 30.3. The quantitative estimate of drug-likeness (QED) is 0.678. The number of pyridine rings is 1. The molecule has 3 aromatic rings. The van der Waals surface area contributed by atoms with Crippen molar-refractivity contribution in [2.75, 3.05) is 6.61 Å². The van der Waals surface area contributed by atoms with Crippen LogP contribution in [-0.4, -0.2) is 39.5 Å². The van der Waals surface area contributed by atoms with E-state index in [-0.39, 0.29) is 29.9 Å². The van der Waals surface area contributed by atoms with Gasteiger partial charge in [0.1, 0.15) is 12.4 Å². The summed E-state index contributed by atoms with van der Waals surface area (Å²) in [5.74, 6) is -1.15. The molecule has 2 heterocycles. The lowest BCUT2D eigenvalue weighted by atomic mass is 9.93. The number of carboxylic acid groups (broad SMARTS) is 1. The molecule has 0 saturated heterocycles. The van der Waals surface area contributed by atoms with Crippen molar-refractivity contribution < 1.29 is 23.8 Å². The normalized spacial score (nSPS) is 15.3. The summed E-state index contributed by atoms with van der Waals surface area (Å²) < 4.78 is 19.6. The molecule has 0 fully saturated rings. The molecule has 0 bridgehead atoms. The van der Waals surface area contributed by atoms with Crippen LogP contribution in [0.1, 0.15) is 37.4 Å². The average molecular weight is 420 g/mol. The molecule has 0 saturated carbocycles. The summed E-state index contributed by atoms with van der Waals surface area (Å²) in [6.07, 6.45) is 2.14. The lowest BCUT2D eigenvalue weighted by Gasteiger charge is -2.37. The van der Waals surface area contributed by atoms with Crippen molar-refractivity contribution >= 4 is 11.9 Å². The van der Waals surface area contributed by atoms with Crippen LogP contribution in [0.4, 0.5) is 4.39 Å². The van der Waals surface area contributed by atoms with E-state index in [1.165, 1.54) is 36.4 Å². The SMILES string of the molecule is Cc1ccc(OCC2Cc3cc(F)ccc3CN2C(=O)c2ccc(C(=O)O)cc2)nc1. The number of carbonyl (C=O) groups excluding carboxylic acids is 1. The number of hydrogen-bond acceptors (Lipinski definition) is 4. The molecule has 2 aromatic carbocycles. The Labute approximate surface area is 178 Å². The first-order chi connectivity index (χ1) is 14.9. The molecule has 1 N–H and O–H groups in total. The monoisotopic (exact) mass is 420 g/mol. The number of carboxylic acids is 1. The predicted molar refractivity (Wildman–Crippen MR) is 112 cm³/mol. The standard InChI is InChI=1S/C24H21FN2O4/c1-15-2-9-22(26-12-15)31-14-21-11-19-10-20(25)8-7-18(19)13-27(21)23(28)16-3-5-17(6-4-16)24(29)30/h2-10,12,21H,11,13-14H2,1H3,(H,29,30). The second-order valence-electron chi connectivity index (χ2n) is 7.57. The van der Waals surface area contributed by atoms with E-state index in [1.807, 2.05) is 13.0 Å². The van der Waals surface area contributed by atoms with Crippen molar-refractivity contribution in [1.82, 2.24) is 9.88 Å². The third-order valence-corrected chi connectivity index (χ3v) is 5.35. The first-order valence-corrected chi connectivity index (χ1v) is 9.88. The third-order valence-electron chi connectivity index (χ3n) is 5.35. The molecule has 158 valence electrons. The molecular weight excluding hydrogens is 399 g/mol. The van der Waals surface area contributed by atoms with Crippen molar-refractivity contribution in [1.29, 1.82) is 0 Å². The van der Waals surface area contributed by atoms with E-state index in [0.29, 0.717) is 24.4 Å². The van der Waals surface area contributed by atoms with E-state index >= 15 is 0 Å². The maximum atomic E-state index is 13.8. The van der Waals surface area contributed by atoms with Crippen LogP contribution in [0.5, 0.6) is 5.88 Å². The predicted octanol–water partition coefficient (Wildman–Crippen LogP) is 3.87. The molecule has 7 heteroatoms. The second-order valence-corrected chi connectivity index (χ2v) is 7.57. The Morgan fingerprint density at radius 2 is 1.84 bits per heavy atom. The Balaban J connectivity index is 1.59. The lowest BCUT2D eigenvalue weighted by Crippen LogP contribution is -2.47. The summed E-state index contributed by atoms with van der Waals surface area (Å²) >= 11 is 0. The molecule has 4 rings (SSSR count). The van der Waals surface area contributed by atoms with Gasteiger partial charge in [-0.1, -0.05) is 12.1 Å². The number of fused-ring (bicyclic) bond motifs is 1. The number of hydrogen-bond donors (Lipinski definition) is 1. The summed E-state index contributed by atoms with van der Waals surface area (Å²) in [5.41, 5.74) is 3.23. The van der Waals surface area contributed by atoms with Crippen LogP contribution < -0.4 is 4.74 Å². The molecule has 0 radical (unpaired) electrons. The number of ether oxygens (including phenoxy) is 1. The summed E-state index contributed by atoms with van der Waals surface area (Å²) in [6.45, 7) is 2.44. The highest BCUT2D eigenvalue weighted by molar-refractivity contribution is 5.96. The van der Waals surface area contributed by atoms with Gasteiger partial charge in [0.25, 0.3) is 5.91 Å². The fraction of sp³-hybridized carbons (Fsp3) is 0.208. The fourth-order valence-electron chi connectivity index (χ4n) is 3.64. The van der Waals surface area contributed by atoms with Gasteiger partial charge in [-0.2, -0.15) is 0 Å². The minimum Gasteiger partial charge on any atom is -0.478 e. The summed E-state index contributed by atoms with van der Waals surface area (Å²) in [6, 6.07) is 13.7. The maximum absolute atomic E-state index is 13.8. The zero-order valence-electron chi connectivity index (χ0n) is 16.9. The van der Waals surface area contributed by atoms with Crippen LogP contribution in [0.25, 0.3) is 0 Å². The van der Waals surface area contributed by atoms with Crippen molar-refractivity contribution in [2.45, 2.75) is 25.9 Å². The van der Waals surface area contributed by atoms with Gasteiger partial charge in [-0.25, -0.2) is 14.2 Å². The number of aryl methyl sites for hydroxylation is 1. The van der Waals surface area contributed by atoms with Crippen molar-refractivity contribution in [2.24, 2.45) is 0 Å². The topological polar surface area (TPSA) is 79.7 Å². The molecule has 1 aliphatic heterocycles. The van der Waals surface area contributed by atoms with Gasteiger partial charge in [-0.3, -0.25) is 4.79 Å². The van der Waals surface area contributed by atoms with Crippen LogP contribution in [0.15, 0.2) is 60.8 Å². The van der Waals surface area contributed by atoms with Gasteiger partial charge in [0, 0.05) is 24.4 Å². The minimum atomic E-state index is -1.05. The average Bonchev–Trinajstić information content (AvgIpc) is 2.77. The molecule has 0 aliphatic carbocycles. The maximum Gasteiger partial charge on any atom is 0.335 e. The number of aromatic carboxylic acids is 1. The zero-order chi connectivity index (χ0) is 22.0. The summed E-state index contributed by atoms with van der Waals surface area (Å²) in [7, 11) is 0. The Morgan fingerprint density at radius 1 is 1.10 bits per heavy atom. The van der Waals surface area contributed by atoms with Crippen molar-refractivity contribution in [3.63, 3.8) is 0 Å². The first kappa shape index (κ1) is 20.5. The number of amides is 1. The van der Waals surface area contributed by atoms with Crippen LogP contribution in [0, 0.1) is 12.7 Å².